The Kier molecular flexibility index (Phi) is 9.29. The fourth-order valence-electron chi connectivity index (χ4n) is 3.50. The summed E-state index contributed by atoms with van der Waals surface area (Å²) in [6, 6.07) is 13.2. The second-order valence-corrected chi connectivity index (χ2v) is 7.08. The van der Waals surface area contributed by atoms with Crippen molar-refractivity contribution in [3.05, 3.63) is 71.3 Å². The summed E-state index contributed by atoms with van der Waals surface area (Å²) in [7, 11) is 0. The smallest absolute Gasteiger partial charge is 0.191 e. The molecule has 1 fully saturated rings. The van der Waals surface area contributed by atoms with Crippen LogP contribution in [0.1, 0.15) is 30.9 Å². The third kappa shape index (κ3) is 6.64. The molecule has 0 aromatic heterocycles. The van der Waals surface area contributed by atoms with Crippen molar-refractivity contribution < 1.29 is 13.5 Å². The van der Waals surface area contributed by atoms with Crippen LogP contribution in [0.2, 0.25) is 0 Å². The summed E-state index contributed by atoms with van der Waals surface area (Å²) < 4.78 is 32.4. The van der Waals surface area contributed by atoms with Crippen LogP contribution < -0.4 is 10.6 Å². The zero-order valence-electron chi connectivity index (χ0n) is 16.6. The van der Waals surface area contributed by atoms with Gasteiger partial charge in [-0.25, -0.2) is 13.8 Å². The minimum atomic E-state index is -0.255. The summed E-state index contributed by atoms with van der Waals surface area (Å²) in [5, 5.41) is 6.66. The number of aliphatic imine (C=N–C) groups is 1. The average Bonchev–Trinajstić information content (AvgIpc) is 2.72. The maximum absolute atomic E-state index is 13.8. The lowest BCUT2D eigenvalue weighted by atomic mass is 9.74. The average molecular weight is 515 g/mol. The van der Waals surface area contributed by atoms with Gasteiger partial charge in [-0.15, -0.1) is 24.0 Å². The molecule has 0 amide bonds. The van der Waals surface area contributed by atoms with Gasteiger partial charge in [0, 0.05) is 31.7 Å². The Hall–Kier alpha value is -1.74. The predicted octanol–water partition coefficient (Wildman–Crippen LogP) is 4.39. The summed E-state index contributed by atoms with van der Waals surface area (Å²) in [6.45, 7) is 5.13. The lowest BCUT2D eigenvalue weighted by Gasteiger charge is -2.38. The van der Waals surface area contributed by atoms with E-state index in [1.54, 1.807) is 24.3 Å². The quantitative estimate of drug-likeness (QED) is 0.341. The molecular weight excluding hydrogens is 487 g/mol. The summed E-state index contributed by atoms with van der Waals surface area (Å²) in [4.78, 5) is 4.61. The predicted molar refractivity (Wildman–Crippen MR) is 123 cm³/mol. The van der Waals surface area contributed by atoms with Crippen LogP contribution in [-0.2, 0) is 16.7 Å². The molecule has 0 saturated carbocycles. The molecule has 0 spiro atoms. The molecule has 3 rings (SSSR count). The van der Waals surface area contributed by atoms with Gasteiger partial charge in [-0.1, -0.05) is 24.3 Å². The monoisotopic (exact) mass is 515 g/mol. The van der Waals surface area contributed by atoms with Crippen LogP contribution in [-0.4, -0.2) is 32.3 Å². The van der Waals surface area contributed by atoms with Gasteiger partial charge in [0.25, 0.3) is 0 Å². The number of nitrogens with zero attached hydrogens (tertiary/aromatic N) is 1. The maximum Gasteiger partial charge on any atom is 0.191 e. The van der Waals surface area contributed by atoms with Crippen LogP contribution >= 0.6 is 24.0 Å². The van der Waals surface area contributed by atoms with Gasteiger partial charge < -0.3 is 15.4 Å². The first-order valence-corrected chi connectivity index (χ1v) is 9.72. The van der Waals surface area contributed by atoms with Crippen molar-refractivity contribution in [2.24, 2.45) is 4.99 Å². The molecule has 2 aromatic rings. The largest absolute Gasteiger partial charge is 0.381 e. The first-order chi connectivity index (χ1) is 13.6. The van der Waals surface area contributed by atoms with E-state index in [-0.39, 0.29) is 41.0 Å². The van der Waals surface area contributed by atoms with Crippen molar-refractivity contribution in [1.29, 1.82) is 0 Å². The highest BCUT2D eigenvalue weighted by Crippen LogP contribution is 2.34. The molecule has 2 aromatic carbocycles. The molecule has 158 valence electrons. The first kappa shape index (κ1) is 23.5. The van der Waals surface area contributed by atoms with E-state index >= 15 is 0 Å². The maximum atomic E-state index is 13.8. The SMILES string of the molecule is CCNC(=NCc1ccc(F)cc1)NCC1(c2cccc(F)c2)CCOCC1.I. The van der Waals surface area contributed by atoms with Gasteiger partial charge in [0.2, 0.25) is 0 Å². The van der Waals surface area contributed by atoms with Gasteiger partial charge in [0.05, 0.1) is 6.54 Å². The Morgan fingerprint density at radius 1 is 1.03 bits per heavy atom. The molecule has 29 heavy (non-hydrogen) atoms. The van der Waals surface area contributed by atoms with Gasteiger partial charge in [-0.3, -0.25) is 0 Å². The summed E-state index contributed by atoms with van der Waals surface area (Å²) in [5.41, 5.74) is 1.72. The summed E-state index contributed by atoms with van der Waals surface area (Å²) in [6.07, 6.45) is 1.64. The zero-order valence-corrected chi connectivity index (χ0v) is 18.9. The normalized spacial score (nSPS) is 16.0. The molecule has 0 aliphatic carbocycles. The highest BCUT2D eigenvalue weighted by Gasteiger charge is 2.34. The Bertz CT molecular complexity index is 793. The molecular formula is C22H28F2IN3O. The number of hydrogen-bond acceptors (Lipinski definition) is 2. The van der Waals surface area contributed by atoms with Crippen molar-refractivity contribution in [1.82, 2.24) is 10.6 Å². The molecule has 1 aliphatic rings. The number of hydrogen-bond donors (Lipinski definition) is 2. The van der Waals surface area contributed by atoms with E-state index in [1.807, 2.05) is 13.0 Å². The minimum Gasteiger partial charge on any atom is -0.381 e. The van der Waals surface area contributed by atoms with Crippen LogP contribution in [0.25, 0.3) is 0 Å². The van der Waals surface area contributed by atoms with Crippen molar-refractivity contribution in [2.45, 2.75) is 31.7 Å². The summed E-state index contributed by atoms with van der Waals surface area (Å²) >= 11 is 0. The number of nitrogens with one attached hydrogen (secondary N) is 2. The van der Waals surface area contributed by atoms with Crippen molar-refractivity contribution >= 4 is 29.9 Å². The Labute approximate surface area is 188 Å². The number of guanidine groups is 1. The van der Waals surface area contributed by atoms with Gasteiger partial charge in [0.1, 0.15) is 11.6 Å². The fraction of sp³-hybridized carbons (Fsp3) is 0.409. The number of ether oxygens (including phenoxy) is 1. The van der Waals surface area contributed by atoms with E-state index in [0.717, 1.165) is 30.5 Å². The highest BCUT2D eigenvalue weighted by molar-refractivity contribution is 14.0. The third-order valence-electron chi connectivity index (χ3n) is 5.16. The van der Waals surface area contributed by atoms with Crippen molar-refractivity contribution in [2.75, 3.05) is 26.3 Å². The highest BCUT2D eigenvalue weighted by atomic mass is 127. The van der Waals surface area contributed by atoms with Gasteiger partial charge >= 0.3 is 0 Å². The minimum absolute atomic E-state index is 0. The van der Waals surface area contributed by atoms with Crippen molar-refractivity contribution in [3.8, 4) is 0 Å². The van der Waals surface area contributed by atoms with Crippen LogP contribution in [0.3, 0.4) is 0 Å². The lowest BCUT2D eigenvalue weighted by molar-refractivity contribution is 0.0513. The first-order valence-electron chi connectivity index (χ1n) is 9.72. The number of rotatable bonds is 6. The molecule has 0 unspecified atom stereocenters. The van der Waals surface area contributed by atoms with Gasteiger partial charge in [0.15, 0.2) is 5.96 Å². The molecule has 1 aliphatic heterocycles. The molecule has 2 N–H and O–H groups in total. The van der Waals surface area contributed by atoms with Crippen molar-refractivity contribution in [3.63, 3.8) is 0 Å². The zero-order chi connectivity index (χ0) is 19.8. The molecule has 0 atom stereocenters. The second-order valence-electron chi connectivity index (χ2n) is 7.08. The van der Waals surface area contributed by atoms with Crippen LogP contribution in [0, 0.1) is 11.6 Å². The molecule has 1 heterocycles. The van der Waals surface area contributed by atoms with E-state index in [0.29, 0.717) is 32.3 Å². The van der Waals surface area contributed by atoms with E-state index < -0.39 is 0 Å². The fourth-order valence-corrected chi connectivity index (χ4v) is 3.50. The topological polar surface area (TPSA) is 45.7 Å². The molecule has 1 saturated heterocycles. The van der Waals surface area contributed by atoms with Crippen LogP contribution in [0.15, 0.2) is 53.5 Å². The van der Waals surface area contributed by atoms with E-state index in [2.05, 4.69) is 15.6 Å². The van der Waals surface area contributed by atoms with E-state index in [4.69, 9.17) is 4.74 Å². The van der Waals surface area contributed by atoms with E-state index in [9.17, 15) is 8.78 Å². The lowest BCUT2D eigenvalue weighted by Crippen LogP contribution is -2.48. The Morgan fingerprint density at radius 3 is 2.41 bits per heavy atom. The Balaban J connectivity index is 0.00000300. The second kappa shape index (κ2) is 11.4. The van der Waals surface area contributed by atoms with Gasteiger partial charge in [-0.2, -0.15) is 0 Å². The van der Waals surface area contributed by atoms with E-state index in [1.165, 1.54) is 18.2 Å². The summed E-state index contributed by atoms with van der Waals surface area (Å²) in [5.74, 6) is 0.212. The standard InChI is InChI=1S/C22H27F2N3O.HI/c1-2-25-21(26-15-17-6-8-19(23)9-7-17)27-16-22(10-12-28-13-11-22)18-4-3-5-20(24)14-18;/h3-9,14H,2,10-13,15-16H2,1H3,(H2,25,26,27);1H. The van der Waals surface area contributed by atoms with Gasteiger partial charge in [-0.05, 0) is 55.2 Å². The Morgan fingerprint density at radius 2 is 1.76 bits per heavy atom. The molecule has 0 bridgehead atoms. The van der Waals surface area contributed by atoms with Crippen LogP contribution in [0.5, 0.6) is 0 Å². The third-order valence-corrected chi connectivity index (χ3v) is 5.16. The molecule has 0 radical (unpaired) electrons. The number of halogens is 3. The molecule has 4 nitrogen and oxygen atoms in total. The number of benzene rings is 2. The molecule has 7 heteroatoms. The van der Waals surface area contributed by atoms with Crippen LogP contribution in [0.4, 0.5) is 8.78 Å².